The summed E-state index contributed by atoms with van der Waals surface area (Å²) in [5, 5.41) is 0. The fraction of sp³-hybridized carbons (Fsp3) is 1.00. The van der Waals surface area contributed by atoms with Gasteiger partial charge in [0.25, 0.3) is 0 Å². The summed E-state index contributed by atoms with van der Waals surface area (Å²) < 4.78 is 5.94. The molecule has 3 fully saturated rings. The molecule has 0 spiro atoms. The molecule has 2 N–H and O–H groups in total. The maximum absolute atomic E-state index is 5.94. The SMILES string of the molecule is NCCC1(CN2CCOC3CCCCC32)CC1. The minimum absolute atomic E-state index is 0.533. The molecule has 1 heterocycles. The van der Waals surface area contributed by atoms with Crippen LogP contribution in [0, 0.1) is 5.41 Å². The van der Waals surface area contributed by atoms with E-state index in [-0.39, 0.29) is 0 Å². The van der Waals surface area contributed by atoms with Crippen molar-refractivity contribution in [2.24, 2.45) is 11.1 Å². The van der Waals surface area contributed by atoms with Crippen LogP contribution in [-0.4, -0.2) is 43.3 Å². The number of fused-ring (bicyclic) bond motifs is 1. The molecule has 1 aliphatic heterocycles. The molecular formula is C14H26N2O. The number of nitrogens with zero attached hydrogens (tertiary/aromatic N) is 1. The minimum Gasteiger partial charge on any atom is -0.375 e. The molecule has 2 aliphatic carbocycles. The number of hydrogen-bond donors (Lipinski definition) is 1. The number of morpholine rings is 1. The van der Waals surface area contributed by atoms with Crippen molar-refractivity contribution < 1.29 is 4.74 Å². The van der Waals surface area contributed by atoms with Gasteiger partial charge in [0.05, 0.1) is 12.7 Å². The standard InChI is InChI=1S/C14H26N2O/c15-8-7-14(5-6-14)11-16-9-10-17-13-4-2-1-3-12(13)16/h12-13H,1-11,15H2. The Hall–Kier alpha value is -0.120. The van der Waals surface area contributed by atoms with Crippen LogP contribution in [0.25, 0.3) is 0 Å². The zero-order valence-electron chi connectivity index (χ0n) is 10.9. The number of hydrogen-bond acceptors (Lipinski definition) is 3. The molecule has 2 unspecified atom stereocenters. The van der Waals surface area contributed by atoms with Crippen LogP contribution >= 0.6 is 0 Å². The molecule has 0 aromatic heterocycles. The molecule has 3 rings (SSSR count). The van der Waals surface area contributed by atoms with Gasteiger partial charge in [0, 0.05) is 19.1 Å². The maximum Gasteiger partial charge on any atom is 0.0730 e. The van der Waals surface area contributed by atoms with E-state index in [1.807, 2.05) is 0 Å². The van der Waals surface area contributed by atoms with E-state index in [1.54, 1.807) is 0 Å². The van der Waals surface area contributed by atoms with Crippen LogP contribution in [0.4, 0.5) is 0 Å². The van der Waals surface area contributed by atoms with Crippen molar-refractivity contribution >= 4 is 0 Å². The first-order chi connectivity index (χ1) is 8.33. The number of ether oxygens (including phenoxy) is 1. The van der Waals surface area contributed by atoms with Crippen LogP contribution in [0.2, 0.25) is 0 Å². The Morgan fingerprint density at radius 1 is 1.24 bits per heavy atom. The van der Waals surface area contributed by atoms with Gasteiger partial charge < -0.3 is 10.5 Å². The smallest absolute Gasteiger partial charge is 0.0730 e. The van der Waals surface area contributed by atoms with Gasteiger partial charge in [0.15, 0.2) is 0 Å². The van der Waals surface area contributed by atoms with Crippen molar-refractivity contribution in [3.63, 3.8) is 0 Å². The highest BCUT2D eigenvalue weighted by Gasteiger charge is 2.45. The first kappa shape index (κ1) is 11.9. The van der Waals surface area contributed by atoms with Crippen molar-refractivity contribution in [2.45, 2.75) is 57.1 Å². The molecule has 0 bridgehead atoms. The molecule has 0 aromatic rings. The Morgan fingerprint density at radius 3 is 2.82 bits per heavy atom. The van der Waals surface area contributed by atoms with Gasteiger partial charge in [-0.1, -0.05) is 12.8 Å². The molecular weight excluding hydrogens is 212 g/mol. The molecule has 17 heavy (non-hydrogen) atoms. The fourth-order valence-electron chi connectivity index (χ4n) is 3.77. The lowest BCUT2D eigenvalue weighted by molar-refractivity contribution is -0.0935. The van der Waals surface area contributed by atoms with E-state index in [2.05, 4.69) is 4.90 Å². The van der Waals surface area contributed by atoms with Crippen LogP contribution in [0.1, 0.15) is 44.9 Å². The average molecular weight is 238 g/mol. The van der Waals surface area contributed by atoms with Crippen molar-refractivity contribution in [1.82, 2.24) is 4.90 Å². The fourth-order valence-corrected chi connectivity index (χ4v) is 3.77. The van der Waals surface area contributed by atoms with E-state index in [9.17, 15) is 0 Å². The third kappa shape index (κ3) is 2.51. The minimum atomic E-state index is 0.533. The third-order valence-corrected chi connectivity index (χ3v) is 5.02. The average Bonchev–Trinajstić information content (AvgIpc) is 3.10. The van der Waals surface area contributed by atoms with E-state index in [0.29, 0.717) is 17.6 Å². The largest absolute Gasteiger partial charge is 0.375 e. The Balaban J connectivity index is 1.61. The molecule has 3 heteroatoms. The molecule has 0 aromatic carbocycles. The van der Waals surface area contributed by atoms with E-state index in [4.69, 9.17) is 10.5 Å². The topological polar surface area (TPSA) is 38.5 Å². The summed E-state index contributed by atoms with van der Waals surface area (Å²) in [6.45, 7) is 4.24. The summed E-state index contributed by atoms with van der Waals surface area (Å²) >= 11 is 0. The first-order valence-corrected chi connectivity index (χ1v) is 7.39. The van der Waals surface area contributed by atoms with Gasteiger partial charge >= 0.3 is 0 Å². The van der Waals surface area contributed by atoms with Gasteiger partial charge in [-0.25, -0.2) is 0 Å². The summed E-state index contributed by atoms with van der Waals surface area (Å²) in [7, 11) is 0. The van der Waals surface area contributed by atoms with E-state index in [1.165, 1.54) is 51.5 Å². The summed E-state index contributed by atoms with van der Waals surface area (Å²) in [5.74, 6) is 0. The zero-order valence-corrected chi connectivity index (χ0v) is 10.9. The number of rotatable bonds is 4. The van der Waals surface area contributed by atoms with Gasteiger partial charge in [0.1, 0.15) is 0 Å². The predicted octanol–water partition coefficient (Wildman–Crippen LogP) is 1.76. The van der Waals surface area contributed by atoms with Crippen LogP contribution in [-0.2, 0) is 4.74 Å². The van der Waals surface area contributed by atoms with Gasteiger partial charge in [-0.05, 0) is 44.1 Å². The van der Waals surface area contributed by atoms with E-state index < -0.39 is 0 Å². The molecule has 0 amide bonds. The maximum atomic E-state index is 5.94. The van der Waals surface area contributed by atoms with Crippen LogP contribution < -0.4 is 5.73 Å². The molecule has 3 aliphatic rings. The highest BCUT2D eigenvalue weighted by molar-refractivity contribution is 4.98. The highest BCUT2D eigenvalue weighted by atomic mass is 16.5. The monoisotopic (exact) mass is 238 g/mol. The van der Waals surface area contributed by atoms with Crippen molar-refractivity contribution in [3.05, 3.63) is 0 Å². The third-order valence-electron chi connectivity index (χ3n) is 5.02. The summed E-state index contributed by atoms with van der Waals surface area (Å²) in [6.07, 6.45) is 9.95. The Morgan fingerprint density at radius 2 is 2.06 bits per heavy atom. The van der Waals surface area contributed by atoms with Gasteiger partial charge in [-0.2, -0.15) is 0 Å². The second kappa shape index (κ2) is 4.87. The lowest BCUT2D eigenvalue weighted by atomic mass is 9.89. The highest BCUT2D eigenvalue weighted by Crippen LogP contribution is 2.49. The first-order valence-electron chi connectivity index (χ1n) is 7.39. The lowest BCUT2D eigenvalue weighted by Gasteiger charge is -2.45. The second-order valence-electron chi connectivity index (χ2n) is 6.27. The van der Waals surface area contributed by atoms with Crippen molar-refractivity contribution in [3.8, 4) is 0 Å². The second-order valence-corrected chi connectivity index (χ2v) is 6.27. The van der Waals surface area contributed by atoms with Gasteiger partial charge in [-0.3, -0.25) is 4.90 Å². The van der Waals surface area contributed by atoms with E-state index >= 15 is 0 Å². The Bertz CT molecular complexity index is 263. The van der Waals surface area contributed by atoms with Crippen LogP contribution in [0.5, 0.6) is 0 Å². The summed E-state index contributed by atoms with van der Waals surface area (Å²) in [4.78, 5) is 2.73. The molecule has 2 saturated carbocycles. The molecule has 2 atom stereocenters. The summed E-state index contributed by atoms with van der Waals surface area (Å²) in [6, 6.07) is 0.716. The zero-order chi connectivity index (χ0) is 11.7. The van der Waals surface area contributed by atoms with Crippen LogP contribution in [0.15, 0.2) is 0 Å². The van der Waals surface area contributed by atoms with E-state index in [0.717, 1.165) is 19.7 Å². The number of nitrogens with two attached hydrogens (primary N) is 1. The molecule has 98 valence electrons. The lowest BCUT2D eigenvalue weighted by Crippen LogP contribution is -2.54. The molecule has 3 nitrogen and oxygen atoms in total. The quantitative estimate of drug-likeness (QED) is 0.811. The van der Waals surface area contributed by atoms with Crippen molar-refractivity contribution in [2.75, 3.05) is 26.2 Å². The summed E-state index contributed by atoms with van der Waals surface area (Å²) in [5.41, 5.74) is 6.34. The van der Waals surface area contributed by atoms with Gasteiger partial charge in [-0.15, -0.1) is 0 Å². The molecule has 0 radical (unpaired) electrons. The van der Waals surface area contributed by atoms with Crippen LogP contribution in [0.3, 0.4) is 0 Å². The Labute approximate surface area is 105 Å². The van der Waals surface area contributed by atoms with Gasteiger partial charge in [0.2, 0.25) is 0 Å². The molecule has 1 saturated heterocycles. The Kier molecular flexibility index (Phi) is 3.42. The predicted molar refractivity (Wildman–Crippen MR) is 68.9 cm³/mol. The van der Waals surface area contributed by atoms with Crippen molar-refractivity contribution in [1.29, 1.82) is 0 Å². The normalized spacial score (nSPS) is 36.5.